The summed E-state index contributed by atoms with van der Waals surface area (Å²) in [7, 11) is 0. The summed E-state index contributed by atoms with van der Waals surface area (Å²) in [6.45, 7) is 4.71. The van der Waals surface area contributed by atoms with Gasteiger partial charge in [0.05, 0.1) is 6.61 Å². The number of hydrogen-bond acceptors (Lipinski definition) is 5. The quantitative estimate of drug-likeness (QED) is 0.336. The average Bonchev–Trinajstić information content (AvgIpc) is 2.72. The third kappa shape index (κ3) is 8.77. The van der Waals surface area contributed by atoms with Crippen LogP contribution in [0.2, 0.25) is 0 Å². The van der Waals surface area contributed by atoms with Crippen LogP contribution in [0, 0.1) is 6.92 Å². The minimum Gasteiger partial charge on any atom is -0.494 e. The molecule has 2 rings (SSSR count). The van der Waals surface area contributed by atoms with Crippen molar-refractivity contribution in [2.24, 2.45) is 0 Å². The van der Waals surface area contributed by atoms with Gasteiger partial charge in [0.25, 0.3) is 5.91 Å². The van der Waals surface area contributed by atoms with E-state index in [9.17, 15) is 14.4 Å². The number of amides is 2. The summed E-state index contributed by atoms with van der Waals surface area (Å²) in [5.74, 6) is 0.389. The Morgan fingerprint density at radius 1 is 0.900 bits per heavy atom. The van der Waals surface area contributed by atoms with Crippen LogP contribution in [0.1, 0.15) is 42.1 Å². The van der Waals surface area contributed by atoms with Gasteiger partial charge in [-0.3, -0.25) is 14.4 Å². The summed E-state index contributed by atoms with van der Waals surface area (Å²) < 4.78 is 10.6. The second-order valence-electron chi connectivity index (χ2n) is 6.85. The lowest BCUT2D eigenvalue weighted by Crippen LogP contribution is -2.30. The maximum atomic E-state index is 12.1. The maximum Gasteiger partial charge on any atom is 0.308 e. The van der Waals surface area contributed by atoms with Crippen LogP contribution in [-0.2, 0) is 9.59 Å². The molecule has 160 valence electrons. The normalized spacial score (nSPS) is 10.2. The molecule has 7 heteroatoms. The summed E-state index contributed by atoms with van der Waals surface area (Å²) >= 11 is 0. The van der Waals surface area contributed by atoms with Crippen molar-refractivity contribution < 1.29 is 23.9 Å². The number of carbonyl (C=O) groups excluding carboxylic acids is 3. The predicted molar refractivity (Wildman–Crippen MR) is 114 cm³/mol. The number of rotatable bonds is 11. The first-order valence-electron chi connectivity index (χ1n) is 9.97. The van der Waals surface area contributed by atoms with E-state index >= 15 is 0 Å². The molecule has 0 bridgehead atoms. The van der Waals surface area contributed by atoms with Gasteiger partial charge in [0, 0.05) is 32.0 Å². The second-order valence-corrected chi connectivity index (χ2v) is 6.85. The molecule has 0 aliphatic heterocycles. The predicted octanol–water partition coefficient (Wildman–Crippen LogP) is 3.02. The van der Waals surface area contributed by atoms with E-state index < -0.39 is 5.97 Å². The fourth-order valence-electron chi connectivity index (χ4n) is 2.63. The molecule has 2 amide bonds. The van der Waals surface area contributed by atoms with Gasteiger partial charge in [-0.25, -0.2) is 0 Å². The van der Waals surface area contributed by atoms with E-state index in [2.05, 4.69) is 10.6 Å². The summed E-state index contributed by atoms with van der Waals surface area (Å²) in [5.41, 5.74) is 1.58. The molecule has 0 saturated carbocycles. The number of hydrogen-bond donors (Lipinski definition) is 2. The number of benzene rings is 2. The zero-order valence-corrected chi connectivity index (χ0v) is 17.4. The molecular weight excluding hydrogens is 384 g/mol. The zero-order chi connectivity index (χ0) is 21.8. The van der Waals surface area contributed by atoms with Crippen LogP contribution in [0.3, 0.4) is 0 Å². The Labute approximate surface area is 176 Å². The van der Waals surface area contributed by atoms with Crippen molar-refractivity contribution in [1.82, 2.24) is 10.6 Å². The third-order valence-electron chi connectivity index (χ3n) is 4.16. The molecule has 0 aliphatic carbocycles. The van der Waals surface area contributed by atoms with Gasteiger partial charge in [-0.1, -0.05) is 23.8 Å². The molecule has 0 atom stereocenters. The van der Waals surface area contributed by atoms with Gasteiger partial charge < -0.3 is 20.1 Å². The average molecular weight is 412 g/mol. The lowest BCUT2D eigenvalue weighted by Gasteiger charge is -2.09. The Bertz CT molecular complexity index is 849. The van der Waals surface area contributed by atoms with Crippen LogP contribution >= 0.6 is 0 Å². The van der Waals surface area contributed by atoms with E-state index in [-0.39, 0.29) is 11.8 Å². The molecule has 0 aliphatic rings. The number of ether oxygens (including phenoxy) is 2. The molecule has 0 unspecified atom stereocenters. The highest BCUT2D eigenvalue weighted by Gasteiger charge is 2.07. The van der Waals surface area contributed by atoms with Crippen molar-refractivity contribution in [2.75, 3.05) is 19.7 Å². The van der Waals surface area contributed by atoms with Crippen molar-refractivity contribution >= 4 is 17.8 Å². The molecule has 0 saturated heterocycles. The molecule has 2 N–H and O–H groups in total. The molecular formula is C23H28N2O5. The van der Waals surface area contributed by atoms with Gasteiger partial charge in [0.2, 0.25) is 5.91 Å². The van der Waals surface area contributed by atoms with Crippen LogP contribution in [0.4, 0.5) is 0 Å². The minimum atomic E-state index is -0.440. The molecule has 2 aromatic rings. The van der Waals surface area contributed by atoms with Crippen LogP contribution < -0.4 is 20.1 Å². The summed E-state index contributed by atoms with van der Waals surface area (Å²) in [4.78, 5) is 35.0. The molecule has 0 fully saturated rings. The van der Waals surface area contributed by atoms with Crippen molar-refractivity contribution in [3.8, 4) is 11.5 Å². The first-order valence-corrected chi connectivity index (χ1v) is 9.97. The first-order chi connectivity index (χ1) is 14.4. The van der Waals surface area contributed by atoms with Gasteiger partial charge in [-0.2, -0.15) is 0 Å². The smallest absolute Gasteiger partial charge is 0.308 e. The molecule has 0 radical (unpaired) electrons. The van der Waals surface area contributed by atoms with Gasteiger partial charge in [-0.15, -0.1) is 0 Å². The lowest BCUT2D eigenvalue weighted by atomic mass is 10.2. The van der Waals surface area contributed by atoms with Crippen molar-refractivity contribution in [2.45, 2.75) is 33.1 Å². The molecule has 0 aromatic heterocycles. The number of esters is 1. The maximum absolute atomic E-state index is 12.1. The molecule has 0 spiro atoms. The SMILES string of the molecule is CC(=O)Oc1cccc(C(=O)NCCCNC(=O)CCCOc2ccc(C)cc2)c1. The zero-order valence-electron chi connectivity index (χ0n) is 17.4. The Balaban J connectivity index is 1.55. The van der Waals surface area contributed by atoms with Crippen molar-refractivity contribution in [3.05, 3.63) is 59.7 Å². The Morgan fingerprint density at radius 3 is 2.37 bits per heavy atom. The van der Waals surface area contributed by atoms with Crippen LogP contribution in [0.15, 0.2) is 48.5 Å². The van der Waals surface area contributed by atoms with E-state index in [1.165, 1.54) is 18.6 Å². The largest absolute Gasteiger partial charge is 0.494 e. The highest BCUT2D eigenvalue weighted by Crippen LogP contribution is 2.13. The molecule has 30 heavy (non-hydrogen) atoms. The Morgan fingerprint density at radius 2 is 1.63 bits per heavy atom. The van der Waals surface area contributed by atoms with Crippen LogP contribution in [0.25, 0.3) is 0 Å². The van der Waals surface area contributed by atoms with E-state index in [0.29, 0.717) is 50.3 Å². The van der Waals surface area contributed by atoms with E-state index in [4.69, 9.17) is 9.47 Å². The van der Waals surface area contributed by atoms with E-state index in [1.54, 1.807) is 18.2 Å². The lowest BCUT2D eigenvalue weighted by molar-refractivity contribution is -0.131. The third-order valence-corrected chi connectivity index (χ3v) is 4.16. The summed E-state index contributed by atoms with van der Waals surface area (Å²) in [6, 6.07) is 14.2. The van der Waals surface area contributed by atoms with E-state index in [0.717, 1.165) is 5.75 Å². The summed E-state index contributed by atoms with van der Waals surface area (Å²) in [5, 5.41) is 5.61. The highest BCUT2D eigenvalue weighted by atomic mass is 16.5. The fourth-order valence-corrected chi connectivity index (χ4v) is 2.63. The Hall–Kier alpha value is -3.35. The topological polar surface area (TPSA) is 93.7 Å². The number of aryl methyl sites for hydroxylation is 1. The fraction of sp³-hybridized carbons (Fsp3) is 0.348. The van der Waals surface area contributed by atoms with E-state index in [1.807, 2.05) is 31.2 Å². The standard InChI is InChI=1S/C23H28N2O5/c1-17-9-11-20(12-10-17)29-15-4-8-22(27)24-13-5-14-25-23(28)19-6-3-7-21(16-19)30-18(2)26/h3,6-7,9-12,16H,4-5,8,13-15H2,1-2H3,(H,24,27)(H,25,28). The Kier molecular flexibility index (Phi) is 9.37. The first kappa shape index (κ1) is 22.9. The van der Waals surface area contributed by atoms with Crippen molar-refractivity contribution in [3.63, 3.8) is 0 Å². The highest BCUT2D eigenvalue weighted by molar-refractivity contribution is 5.94. The minimum absolute atomic E-state index is 0.0390. The van der Waals surface area contributed by atoms with Gasteiger partial charge in [0.1, 0.15) is 11.5 Å². The second kappa shape index (κ2) is 12.3. The van der Waals surface area contributed by atoms with Crippen LogP contribution in [0.5, 0.6) is 11.5 Å². The summed E-state index contributed by atoms with van der Waals surface area (Å²) in [6.07, 6.45) is 1.64. The molecule has 2 aromatic carbocycles. The van der Waals surface area contributed by atoms with Crippen molar-refractivity contribution in [1.29, 1.82) is 0 Å². The van der Waals surface area contributed by atoms with Gasteiger partial charge in [-0.05, 0) is 50.1 Å². The number of nitrogens with one attached hydrogen (secondary N) is 2. The van der Waals surface area contributed by atoms with Gasteiger partial charge >= 0.3 is 5.97 Å². The number of carbonyl (C=O) groups is 3. The monoisotopic (exact) mass is 412 g/mol. The van der Waals surface area contributed by atoms with Crippen LogP contribution in [-0.4, -0.2) is 37.5 Å². The van der Waals surface area contributed by atoms with Gasteiger partial charge in [0.15, 0.2) is 0 Å². The molecule has 7 nitrogen and oxygen atoms in total. The molecule has 0 heterocycles.